The van der Waals surface area contributed by atoms with E-state index < -0.39 is 11.0 Å². The summed E-state index contributed by atoms with van der Waals surface area (Å²) in [6.45, 7) is 6.60. The van der Waals surface area contributed by atoms with Gasteiger partial charge in [-0.15, -0.1) is 0 Å². The van der Waals surface area contributed by atoms with Crippen LogP contribution in [-0.4, -0.2) is 34.5 Å². The van der Waals surface area contributed by atoms with E-state index >= 15 is 0 Å². The summed E-state index contributed by atoms with van der Waals surface area (Å²) in [7, 11) is 0. The van der Waals surface area contributed by atoms with Crippen LogP contribution in [0.25, 0.3) is 0 Å². The van der Waals surface area contributed by atoms with E-state index in [0.29, 0.717) is 0 Å². The van der Waals surface area contributed by atoms with Gasteiger partial charge in [0.15, 0.2) is 0 Å². The Morgan fingerprint density at radius 1 is 1.21 bits per heavy atom. The topological polar surface area (TPSA) is 66.8 Å². The summed E-state index contributed by atoms with van der Waals surface area (Å²) in [5.41, 5.74) is -0.523. The number of carbonyl (C=O) groups excluding carboxylic acids is 1. The van der Waals surface area contributed by atoms with Gasteiger partial charge in [-0.25, -0.2) is 0 Å². The molecule has 4 heteroatoms. The van der Waals surface area contributed by atoms with Crippen molar-refractivity contribution in [3.63, 3.8) is 0 Å². The highest BCUT2D eigenvalue weighted by Crippen LogP contribution is 2.68. The molecule has 0 aromatic heterocycles. The molecule has 0 amide bonds. The molecule has 4 aliphatic rings. The Balaban J connectivity index is 1.80. The Morgan fingerprint density at radius 3 is 2.67 bits per heavy atom. The summed E-state index contributed by atoms with van der Waals surface area (Å²) in [5.74, 6) is -0.0113. The second-order valence-electron chi connectivity index (χ2n) is 9.55. The average Bonchev–Trinajstić information content (AvgIpc) is 2.75. The lowest BCUT2D eigenvalue weighted by molar-refractivity contribution is -0.163. The molecular formula is C20H30O4. The van der Waals surface area contributed by atoms with Crippen LogP contribution in [0.3, 0.4) is 0 Å². The van der Waals surface area contributed by atoms with Gasteiger partial charge in [0.25, 0.3) is 0 Å². The first-order valence-electron chi connectivity index (χ1n) is 9.44. The van der Waals surface area contributed by atoms with Crippen LogP contribution in [0.5, 0.6) is 0 Å². The fourth-order valence-electron chi connectivity index (χ4n) is 6.58. The van der Waals surface area contributed by atoms with E-state index in [1.54, 1.807) is 0 Å². The van der Waals surface area contributed by atoms with Crippen molar-refractivity contribution in [2.24, 2.45) is 22.2 Å². The molecule has 1 heterocycles. The lowest BCUT2D eigenvalue weighted by Crippen LogP contribution is -2.63. The predicted octanol–water partition coefficient (Wildman–Crippen LogP) is 2.97. The zero-order chi connectivity index (χ0) is 17.4. The molecule has 0 aromatic rings. The monoisotopic (exact) mass is 334 g/mol. The average molecular weight is 334 g/mol. The molecule has 2 N–H and O–H groups in total. The predicted molar refractivity (Wildman–Crippen MR) is 90.1 cm³/mol. The Morgan fingerprint density at radius 2 is 1.96 bits per heavy atom. The molecule has 6 atom stereocenters. The van der Waals surface area contributed by atoms with Gasteiger partial charge in [-0.05, 0) is 62.5 Å². The van der Waals surface area contributed by atoms with Gasteiger partial charge < -0.3 is 14.9 Å². The number of esters is 1. The van der Waals surface area contributed by atoms with E-state index in [0.717, 1.165) is 50.5 Å². The number of carbonyl (C=O) groups is 1. The van der Waals surface area contributed by atoms with Gasteiger partial charge in [-0.3, -0.25) is 4.79 Å². The number of ether oxygens (including phenoxy) is 1. The van der Waals surface area contributed by atoms with Crippen molar-refractivity contribution in [2.45, 2.75) is 77.4 Å². The summed E-state index contributed by atoms with van der Waals surface area (Å²) in [6.07, 6.45) is 7.83. The number of hydrogen-bond acceptors (Lipinski definition) is 4. The summed E-state index contributed by atoms with van der Waals surface area (Å²) >= 11 is 0. The van der Waals surface area contributed by atoms with E-state index in [1.807, 2.05) is 6.92 Å². The van der Waals surface area contributed by atoms with Crippen molar-refractivity contribution in [2.75, 3.05) is 6.61 Å². The summed E-state index contributed by atoms with van der Waals surface area (Å²) in [5, 5.41) is 21.2. The first-order chi connectivity index (χ1) is 11.2. The minimum atomic E-state index is -0.835. The van der Waals surface area contributed by atoms with Crippen LogP contribution < -0.4 is 0 Å². The molecule has 1 aliphatic heterocycles. The molecule has 4 nitrogen and oxygen atoms in total. The molecular weight excluding hydrogens is 304 g/mol. The Kier molecular flexibility index (Phi) is 3.35. The van der Waals surface area contributed by atoms with Crippen LogP contribution in [0, 0.1) is 22.2 Å². The molecule has 4 rings (SSSR count). The van der Waals surface area contributed by atoms with E-state index in [4.69, 9.17) is 4.74 Å². The molecule has 0 bridgehead atoms. The maximum Gasteiger partial charge on any atom is 0.312 e. The number of rotatable bonds is 2. The summed E-state index contributed by atoms with van der Waals surface area (Å²) in [6, 6.07) is 0. The van der Waals surface area contributed by atoms with Crippen molar-refractivity contribution >= 4 is 5.97 Å². The van der Waals surface area contributed by atoms with E-state index in [2.05, 4.69) is 19.9 Å². The highest BCUT2D eigenvalue weighted by Gasteiger charge is 2.70. The molecule has 3 aliphatic carbocycles. The normalized spacial score (nSPS) is 53.0. The highest BCUT2D eigenvalue weighted by atomic mass is 16.6. The second kappa shape index (κ2) is 4.85. The van der Waals surface area contributed by atoms with E-state index in [9.17, 15) is 15.0 Å². The van der Waals surface area contributed by atoms with Crippen molar-refractivity contribution < 1.29 is 19.7 Å². The third-order valence-corrected chi connectivity index (χ3v) is 8.07. The van der Waals surface area contributed by atoms with E-state index in [-0.39, 0.29) is 35.4 Å². The molecule has 1 saturated heterocycles. The van der Waals surface area contributed by atoms with Gasteiger partial charge in [0.2, 0.25) is 0 Å². The smallest absolute Gasteiger partial charge is 0.312 e. The third kappa shape index (κ3) is 1.84. The van der Waals surface area contributed by atoms with Gasteiger partial charge in [0.05, 0.1) is 11.0 Å². The molecule has 0 unspecified atom stereocenters. The minimum absolute atomic E-state index is 0.0244. The van der Waals surface area contributed by atoms with Crippen molar-refractivity contribution in [3.8, 4) is 0 Å². The Bertz CT molecular complexity index is 613. The molecule has 0 radical (unpaired) electrons. The quantitative estimate of drug-likeness (QED) is 0.602. The fraction of sp³-hybridized carbons (Fsp3) is 0.850. The van der Waals surface area contributed by atoms with E-state index in [1.165, 1.54) is 0 Å². The number of hydrogen-bond donors (Lipinski definition) is 2. The lowest BCUT2D eigenvalue weighted by atomic mass is 9.43. The van der Waals surface area contributed by atoms with Crippen LogP contribution in [0.15, 0.2) is 11.6 Å². The SMILES string of the molecule is C[C@]1(CCO)CC[C@@]2(O)C(=C[C@H]3OC(=O)[C@@]4(C)CCC[C@@]2(C)[C@@H]34)C1. The first-order valence-corrected chi connectivity index (χ1v) is 9.44. The van der Waals surface area contributed by atoms with Gasteiger partial charge in [0, 0.05) is 17.9 Å². The van der Waals surface area contributed by atoms with Gasteiger partial charge in [0.1, 0.15) is 6.10 Å². The standard InChI is InChI=1S/C20H30O4/c1-17(9-10-21)7-8-20(23)13(12-17)11-14-15-18(2,16(22)24-14)5-4-6-19(15,20)3/h11,14-15,21,23H,4-10,12H2,1-3H3/t14-,15+,17-,18+,19+,20-/m1/s1. The maximum atomic E-state index is 12.6. The molecule has 3 fully saturated rings. The van der Waals surface area contributed by atoms with Crippen LogP contribution in [0.2, 0.25) is 0 Å². The van der Waals surface area contributed by atoms with Crippen molar-refractivity contribution in [1.82, 2.24) is 0 Å². The van der Waals surface area contributed by atoms with Crippen LogP contribution in [0.1, 0.15) is 65.7 Å². The minimum Gasteiger partial charge on any atom is -0.457 e. The summed E-state index contributed by atoms with van der Waals surface area (Å²) in [4.78, 5) is 12.6. The zero-order valence-electron chi connectivity index (χ0n) is 15.1. The molecule has 0 spiro atoms. The Labute approximate surface area is 144 Å². The fourth-order valence-corrected chi connectivity index (χ4v) is 6.58. The number of fused-ring (bicyclic) bond motifs is 2. The second-order valence-corrected chi connectivity index (χ2v) is 9.55. The zero-order valence-corrected chi connectivity index (χ0v) is 15.1. The van der Waals surface area contributed by atoms with Crippen LogP contribution in [-0.2, 0) is 9.53 Å². The van der Waals surface area contributed by atoms with Gasteiger partial charge >= 0.3 is 5.97 Å². The van der Waals surface area contributed by atoms with Gasteiger partial charge in [-0.1, -0.05) is 20.3 Å². The van der Waals surface area contributed by atoms with Crippen LogP contribution in [0.4, 0.5) is 0 Å². The van der Waals surface area contributed by atoms with Crippen LogP contribution >= 0.6 is 0 Å². The lowest BCUT2D eigenvalue weighted by Gasteiger charge is -2.61. The molecule has 0 aromatic carbocycles. The molecule has 2 saturated carbocycles. The third-order valence-electron chi connectivity index (χ3n) is 8.07. The Hall–Kier alpha value is -0.870. The van der Waals surface area contributed by atoms with Gasteiger partial charge in [-0.2, -0.15) is 0 Å². The number of aliphatic hydroxyl groups is 2. The maximum absolute atomic E-state index is 12.6. The first kappa shape index (κ1) is 16.6. The van der Waals surface area contributed by atoms with Crippen molar-refractivity contribution in [3.05, 3.63) is 11.6 Å². The number of aliphatic hydroxyl groups excluding tert-OH is 1. The highest BCUT2D eigenvalue weighted by molar-refractivity contribution is 5.80. The van der Waals surface area contributed by atoms with Crippen molar-refractivity contribution in [1.29, 1.82) is 0 Å². The summed E-state index contributed by atoms with van der Waals surface area (Å²) < 4.78 is 5.79. The molecule has 134 valence electrons. The molecule has 24 heavy (non-hydrogen) atoms. The largest absolute Gasteiger partial charge is 0.457 e.